The monoisotopic (exact) mass is 460 g/mol. The SMILES string of the molecule is CN=C(NCCCCn1c(C)cccc1=O)NCCC(F)(F)F.I. The van der Waals surface area contributed by atoms with Gasteiger partial charge < -0.3 is 15.2 Å². The summed E-state index contributed by atoms with van der Waals surface area (Å²) in [4.78, 5) is 15.5. The lowest BCUT2D eigenvalue weighted by atomic mass is 10.3. The van der Waals surface area contributed by atoms with Crippen LogP contribution in [0.5, 0.6) is 0 Å². The van der Waals surface area contributed by atoms with Gasteiger partial charge in [-0.3, -0.25) is 9.79 Å². The molecule has 1 rings (SSSR count). The van der Waals surface area contributed by atoms with Gasteiger partial charge in [0, 0.05) is 38.4 Å². The number of nitrogens with zero attached hydrogens (tertiary/aromatic N) is 2. The van der Waals surface area contributed by atoms with E-state index in [2.05, 4.69) is 15.6 Å². The first-order valence-corrected chi connectivity index (χ1v) is 7.51. The van der Waals surface area contributed by atoms with Crippen LogP contribution in [0, 0.1) is 6.92 Å². The predicted octanol–water partition coefficient (Wildman–Crippen LogP) is 2.67. The summed E-state index contributed by atoms with van der Waals surface area (Å²) in [6.07, 6.45) is -3.51. The molecule has 1 aromatic heterocycles. The number of aryl methyl sites for hydroxylation is 1. The number of pyridine rings is 1. The lowest BCUT2D eigenvalue weighted by Crippen LogP contribution is -2.39. The molecule has 0 aliphatic carbocycles. The van der Waals surface area contributed by atoms with Crippen molar-refractivity contribution in [1.82, 2.24) is 15.2 Å². The minimum absolute atomic E-state index is 0. The number of halogens is 4. The minimum atomic E-state index is -4.17. The molecule has 0 aliphatic rings. The highest BCUT2D eigenvalue weighted by molar-refractivity contribution is 14.0. The molecule has 0 atom stereocenters. The normalized spacial score (nSPS) is 11.8. The summed E-state index contributed by atoms with van der Waals surface area (Å²) < 4.78 is 37.9. The maximum absolute atomic E-state index is 12.1. The van der Waals surface area contributed by atoms with Crippen molar-refractivity contribution < 1.29 is 13.2 Å². The fraction of sp³-hybridized carbons (Fsp3) is 0.600. The Balaban J connectivity index is 0.00000529. The molecule has 0 aliphatic heterocycles. The van der Waals surface area contributed by atoms with Gasteiger partial charge in [0.1, 0.15) is 0 Å². The first-order chi connectivity index (χ1) is 10.8. The van der Waals surface area contributed by atoms with Crippen LogP contribution < -0.4 is 16.2 Å². The van der Waals surface area contributed by atoms with Crippen molar-refractivity contribution in [2.24, 2.45) is 4.99 Å². The molecule has 0 aromatic carbocycles. The van der Waals surface area contributed by atoms with Crippen molar-refractivity contribution in [2.75, 3.05) is 20.1 Å². The van der Waals surface area contributed by atoms with Crippen LogP contribution in [-0.4, -0.2) is 36.8 Å². The van der Waals surface area contributed by atoms with Crippen LogP contribution in [0.3, 0.4) is 0 Å². The van der Waals surface area contributed by atoms with Crippen molar-refractivity contribution in [1.29, 1.82) is 0 Å². The Kier molecular flexibility index (Phi) is 10.7. The molecule has 1 heterocycles. The minimum Gasteiger partial charge on any atom is -0.356 e. The van der Waals surface area contributed by atoms with Crippen molar-refractivity contribution in [2.45, 2.75) is 38.9 Å². The van der Waals surface area contributed by atoms with Crippen molar-refractivity contribution in [3.63, 3.8) is 0 Å². The molecule has 2 N–H and O–H groups in total. The molecule has 1 aromatic rings. The Labute approximate surface area is 156 Å². The zero-order chi connectivity index (χ0) is 17.3. The van der Waals surface area contributed by atoms with Gasteiger partial charge in [-0.2, -0.15) is 13.2 Å². The summed E-state index contributed by atoms with van der Waals surface area (Å²) in [5.41, 5.74) is 0.887. The lowest BCUT2D eigenvalue weighted by molar-refractivity contribution is -0.132. The molecular formula is C15H24F3IN4O. The van der Waals surface area contributed by atoms with Gasteiger partial charge >= 0.3 is 6.18 Å². The number of alkyl halides is 3. The van der Waals surface area contributed by atoms with E-state index in [0.29, 0.717) is 19.0 Å². The number of hydrogen-bond donors (Lipinski definition) is 2. The van der Waals surface area contributed by atoms with Gasteiger partial charge in [0.25, 0.3) is 5.56 Å². The zero-order valence-corrected chi connectivity index (χ0v) is 16.1. The summed E-state index contributed by atoms with van der Waals surface area (Å²) in [5.74, 6) is 0.349. The molecule has 5 nitrogen and oxygen atoms in total. The number of guanidine groups is 1. The van der Waals surface area contributed by atoms with E-state index in [1.807, 2.05) is 13.0 Å². The van der Waals surface area contributed by atoms with Crippen LogP contribution in [0.2, 0.25) is 0 Å². The standard InChI is InChI=1S/C15H23F3N4O.HI/c1-12-6-5-7-13(23)22(12)11-4-3-9-20-14(19-2)21-10-8-15(16,17)18;/h5-7H,3-4,8-11H2,1-2H3,(H2,19,20,21);1H. The molecule has 0 saturated heterocycles. The van der Waals surface area contributed by atoms with Crippen molar-refractivity contribution >= 4 is 29.9 Å². The summed E-state index contributed by atoms with van der Waals surface area (Å²) in [6, 6.07) is 5.13. The second kappa shape index (κ2) is 11.3. The fourth-order valence-electron chi connectivity index (χ4n) is 2.05. The highest BCUT2D eigenvalue weighted by atomic mass is 127. The number of aliphatic imine (C=N–C) groups is 1. The van der Waals surface area contributed by atoms with Crippen LogP contribution in [-0.2, 0) is 6.54 Å². The third-order valence-electron chi connectivity index (χ3n) is 3.29. The quantitative estimate of drug-likeness (QED) is 0.285. The van der Waals surface area contributed by atoms with E-state index >= 15 is 0 Å². The number of nitrogens with one attached hydrogen (secondary N) is 2. The second-order valence-corrected chi connectivity index (χ2v) is 5.16. The Hall–Kier alpha value is -1.26. The molecule has 0 amide bonds. The van der Waals surface area contributed by atoms with Gasteiger partial charge in [0.05, 0.1) is 6.42 Å². The van der Waals surface area contributed by atoms with Gasteiger partial charge in [-0.1, -0.05) is 6.07 Å². The average Bonchev–Trinajstić information content (AvgIpc) is 2.46. The van der Waals surface area contributed by atoms with Crippen LogP contribution in [0.4, 0.5) is 13.2 Å². The first kappa shape index (κ1) is 22.7. The van der Waals surface area contributed by atoms with Gasteiger partial charge in [0.2, 0.25) is 0 Å². The van der Waals surface area contributed by atoms with E-state index in [9.17, 15) is 18.0 Å². The Morgan fingerprint density at radius 1 is 1.21 bits per heavy atom. The van der Waals surface area contributed by atoms with Crippen LogP contribution in [0.25, 0.3) is 0 Å². The van der Waals surface area contributed by atoms with Crippen molar-refractivity contribution in [3.05, 3.63) is 34.2 Å². The zero-order valence-electron chi connectivity index (χ0n) is 13.8. The number of aromatic nitrogens is 1. The summed E-state index contributed by atoms with van der Waals surface area (Å²) >= 11 is 0. The summed E-state index contributed by atoms with van der Waals surface area (Å²) in [7, 11) is 1.51. The van der Waals surface area contributed by atoms with Gasteiger partial charge in [-0.25, -0.2) is 0 Å². The summed E-state index contributed by atoms with van der Waals surface area (Å²) in [6.45, 7) is 2.87. The van der Waals surface area contributed by atoms with Crippen molar-refractivity contribution in [3.8, 4) is 0 Å². The molecule has 0 spiro atoms. The number of rotatable bonds is 7. The molecule has 9 heteroatoms. The lowest BCUT2D eigenvalue weighted by Gasteiger charge is -2.13. The van der Waals surface area contributed by atoms with Gasteiger partial charge in [0.15, 0.2) is 5.96 Å². The third-order valence-corrected chi connectivity index (χ3v) is 3.29. The van der Waals surface area contributed by atoms with E-state index in [-0.39, 0.29) is 36.1 Å². The fourth-order valence-corrected chi connectivity index (χ4v) is 2.05. The molecule has 0 bridgehead atoms. The molecule has 0 saturated carbocycles. The number of hydrogen-bond acceptors (Lipinski definition) is 2. The first-order valence-electron chi connectivity index (χ1n) is 7.51. The predicted molar refractivity (Wildman–Crippen MR) is 100 cm³/mol. The van der Waals surface area contributed by atoms with Gasteiger partial charge in [-0.05, 0) is 25.8 Å². The van der Waals surface area contributed by atoms with Crippen LogP contribution >= 0.6 is 24.0 Å². The molecule has 24 heavy (non-hydrogen) atoms. The average molecular weight is 460 g/mol. The molecule has 0 fully saturated rings. The Morgan fingerprint density at radius 2 is 1.88 bits per heavy atom. The van der Waals surface area contributed by atoms with E-state index in [4.69, 9.17) is 0 Å². The Morgan fingerprint density at radius 3 is 2.46 bits per heavy atom. The Bertz CT molecular complexity index is 573. The number of unbranched alkanes of at least 4 members (excludes halogenated alkanes) is 1. The van der Waals surface area contributed by atoms with Gasteiger partial charge in [-0.15, -0.1) is 24.0 Å². The maximum atomic E-state index is 12.1. The molecule has 0 radical (unpaired) electrons. The van der Waals surface area contributed by atoms with E-state index in [1.165, 1.54) is 13.1 Å². The van der Waals surface area contributed by atoms with Crippen LogP contribution in [0.1, 0.15) is 25.0 Å². The largest absolute Gasteiger partial charge is 0.390 e. The highest BCUT2D eigenvalue weighted by Crippen LogP contribution is 2.17. The third kappa shape index (κ3) is 9.14. The summed E-state index contributed by atoms with van der Waals surface area (Å²) in [5, 5.41) is 5.57. The molecule has 0 unspecified atom stereocenters. The van der Waals surface area contributed by atoms with E-state index < -0.39 is 12.6 Å². The smallest absolute Gasteiger partial charge is 0.356 e. The second-order valence-electron chi connectivity index (χ2n) is 5.16. The molecular weight excluding hydrogens is 436 g/mol. The van der Waals surface area contributed by atoms with E-state index in [0.717, 1.165) is 18.5 Å². The van der Waals surface area contributed by atoms with E-state index in [1.54, 1.807) is 10.6 Å². The topological polar surface area (TPSA) is 58.4 Å². The van der Waals surface area contributed by atoms with Crippen LogP contribution in [0.15, 0.2) is 28.0 Å². The highest BCUT2D eigenvalue weighted by Gasteiger charge is 2.26. The maximum Gasteiger partial charge on any atom is 0.390 e. The molecule has 138 valence electrons.